The lowest BCUT2D eigenvalue weighted by molar-refractivity contribution is -0.284. The zero-order chi connectivity index (χ0) is 36.6. The molecule has 1 aliphatic rings. The molecule has 1 aliphatic heterocycles. The third-order valence-electron chi connectivity index (χ3n) is 6.57. The average Bonchev–Trinajstić information content (AvgIpc) is 2.99. The molecule has 1 aromatic rings. The zero-order valence-electron chi connectivity index (χ0n) is 28.5. The Morgan fingerprint density at radius 3 is 2.04 bits per heavy atom. The molecule has 49 heavy (non-hydrogen) atoms. The van der Waals surface area contributed by atoms with E-state index in [0.29, 0.717) is 19.4 Å². The molecule has 1 heterocycles. The van der Waals surface area contributed by atoms with Crippen LogP contribution in [0.1, 0.15) is 67.2 Å². The number of unbranched alkanes of at least 4 members (excludes halogenated alkanes) is 2. The van der Waals surface area contributed by atoms with Gasteiger partial charge in [-0.1, -0.05) is 0 Å². The van der Waals surface area contributed by atoms with Gasteiger partial charge in [-0.2, -0.15) is 0 Å². The van der Waals surface area contributed by atoms with Gasteiger partial charge in [-0.15, -0.1) is 12.3 Å². The Morgan fingerprint density at radius 1 is 0.857 bits per heavy atom. The van der Waals surface area contributed by atoms with Crippen LogP contribution in [0.25, 0.3) is 0 Å². The Labute approximate surface area is 285 Å². The molecule has 16 nitrogen and oxygen atoms in total. The highest BCUT2D eigenvalue weighted by Gasteiger charge is 2.53. The fourth-order valence-electron chi connectivity index (χ4n) is 4.80. The molecule has 17 heteroatoms. The summed E-state index contributed by atoms with van der Waals surface area (Å²) in [6.07, 6.45) is -0.118. The van der Waals surface area contributed by atoms with Crippen molar-refractivity contribution in [3.8, 4) is 23.8 Å². The summed E-state index contributed by atoms with van der Waals surface area (Å²) in [6.45, 7) is 8.32. The number of ether oxygens (including phenoxy) is 6. The van der Waals surface area contributed by atoms with Crippen LogP contribution in [-0.4, -0.2) is 86.5 Å². The number of hydrogen-bond acceptors (Lipinski definition) is 14. The van der Waals surface area contributed by atoms with E-state index in [0.717, 1.165) is 34.1 Å². The lowest BCUT2D eigenvalue weighted by Crippen LogP contribution is -2.62. The quantitative estimate of drug-likeness (QED) is 0.0550. The van der Waals surface area contributed by atoms with Crippen LogP contribution in [0.4, 0.5) is 10.5 Å². The van der Waals surface area contributed by atoms with Crippen LogP contribution < -0.4 is 20.1 Å². The van der Waals surface area contributed by atoms with E-state index < -0.39 is 68.2 Å². The van der Waals surface area contributed by atoms with Gasteiger partial charge < -0.3 is 48.1 Å². The van der Waals surface area contributed by atoms with Crippen LogP contribution in [0.15, 0.2) is 18.2 Å². The van der Waals surface area contributed by atoms with Crippen molar-refractivity contribution in [3.05, 3.63) is 18.2 Å². The molecule has 0 bridgehead atoms. The Kier molecular flexibility index (Phi) is 17.1. The van der Waals surface area contributed by atoms with Crippen molar-refractivity contribution in [1.82, 2.24) is 5.32 Å². The van der Waals surface area contributed by atoms with Crippen molar-refractivity contribution < 1.29 is 66.0 Å². The lowest BCUT2D eigenvalue weighted by atomic mass is 9.96. The molecule has 0 aliphatic carbocycles. The normalized spacial score (nSPS) is 20.2. The minimum atomic E-state index is -3.63. The highest BCUT2D eigenvalue weighted by Crippen LogP contribution is 2.49. The number of benzene rings is 1. The predicted octanol–water partition coefficient (Wildman–Crippen LogP) is 4.09. The summed E-state index contributed by atoms with van der Waals surface area (Å²) >= 11 is 0. The molecule has 2 N–H and O–H groups in total. The smallest absolute Gasteiger partial charge is 0.330 e. The van der Waals surface area contributed by atoms with E-state index in [1.165, 1.54) is 18.2 Å². The van der Waals surface area contributed by atoms with E-state index in [4.69, 9.17) is 43.9 Å². The number of anilines is 1. The number of carbonyl (C=O) groups is 5. The Balaban J connectivity index is 2.50. The second kappa shape index (κ2) is 20.4. The number of esters is 4. The SMILES string of the molecule is C#CCCCCNC(=O)Nc1ccc(O[C@H]2O[C@H](CCP(=O)(OCC)OCC)[C@@H](OC(C)=O)[C@H](OC(C)=O)[C@@H]2OC(C)=O)c(OC(C)=O)c1. The summed E-state index contributed by atoms with van der Waals surface area (Å²) in [5.74, 6) is -0.843. The van der Waals surface area contributed by atoms with Crippen molar-refractivity contribution in [2.24, 2.45) is 0 Å². The number of rotatable bonds is 18. The van der Waals surface area contributed by atoms with Crippen LogP contribution in [0.5, 0.6) is 11.5 Å². The number of carbonyl (C=O) groups excluding carboxylic acids is 5. The van der Waals surface area contributed by atoms with Gasteiger partial charge in [0.2, 0.25) is 12.4 Å². The van der Waals surface area contributed by atoms with Crippen LogP contribution in [0.2, 0.25) is 0 Å². The van der Waals surface area contributed by atoms with Gasteiger partial charge in [0.05, 0.1) is 19.4 Å². The van der Waals surface area contributed by atoms with Gasteiger partial charge in [-0.25, -0.2) is 4.79 Å². The molecule has 2 rings (SSSR count). The second-order valence-electron chi connectivity index (χ2n) is 10.6. The topological polar surface area (TPSA) is 200 Å². The maximum atomic E-state index is 13.3. The minimum Gasteiger partial charge on any atom is -0.457 e. The first-order valence-corrected chi connectivity index (χ1v) is 17.5. The predicted molar refractivity (Wildman–Crippen MR) is 174 cm³/mol. The first kappa shape index (κ1) is 41.0. The standard InChI is InChI=1S/C32H45N2O14P/c1-8-11-12-13-17-33-32(39)34-24-14-15-25(27(19-24)43-20(4)35)47-31-30(46-23(7)38)29(45-22(6)37)28(44-21(5)36)26(48-31)16-18-49(40,41-9-2)42-10-3/h1,14-15,19,26,28-31H,9-13,16-18H2,2-7H3,(H2,33,34,39)/t26-,28-,29+,30+,31+/m1/s1. The highest BCUT2D eigenvalue weighted by molar-refractivity contribution is 7.53. The third kappa shape index (κ3) is 14.1. The maximum absolute atomic E-state index is 13.3. The Hall–Kier alpha value is -4.16. The zero-order valence-corrected chi connectivity index (χ0v) is 29.4. The number of amides is 2. The molecular formula is C32H45N2O14P. The van der Waals surface area contributed by atoms with E-state index in [-0.39, 0.29) is 43.0 Å². The molecule has 1 fully saturated rings. The number of hydrogen-bond donors (Lipinski definition) is 2. The monoisotopic (exact) mass is 712 g/mol. The fraction of sp³-hybridized carbons (Fsp3) is 0.594. The maximum Gasteiger partial charge on any atom is 0.330 e. The molecular weight excluding hydrogens is 667 g/mol. The molecule has 0 radical (unpaired) electrons. The van der Waals surface area contributed by atoms with Crippen molar-refractivity contribution in [3.63, 3.8) is 0 Å². The van der Waals surface area contributed by atoms with Crippen LogP contribution >= 0.6 is 7.60 Å². The second-order valence-corrected chi connectivity index (χ2v) is 12.8. The van der Waals surface area contributed by atoms with Gasteiger partial charge in [0.15, 0.2) is 23.7 Å². The summed E-state index contributed by atoms with van der Waals surface area (Å²) in [5, 5.41) is 5.32. The number of urea groups is 1. The molecule has 0 spiro atoms. The van der Waals surface area contributed by atoms with Gasteiger partial charge in [0.1, 0.15) is 6.10 Å². The molecule has 0 unspecified atom stereocenters. The lowest BCUT2D eigenvalue weighted by Gasteiger charge is -2.44. The fourth-order valence-corrected chi connectivity index (χ4v) is 6.49. The summed E-state index contributed by atoms with van der Waals surface area (Å²) in [5.41, 5.74) is 0.235. The summed E-state index contributed by atoms with van der Waals surface area (Å²) < 4.78 is 58.2. The Bertz CT molecular complexity index is 1390. The van der Waals surface area contributed by atoms with Crippen molar-refractivity contribution in [2.45, 2.75) is 97.9 Å². The van der Waals surface area contributed by atoms with E-state index in [9.17, 15) is 28.5 Å². The largest absolute Gasteiger partial charge is 0.457 e. The van der Waals surface area contributed by atoms with Gasteiger partial charge >= 0.3 is 37.5 Å². The Morgan fingerprint density at radius 2 is 1.47 bits per heavy atom. The van der Waals surface area contributed by atoms with Crippen molar-refractivity contribution >= 4 is 43.2 Å². The summed E-state index contributed by atoms with van der Waals surface area (Å²) in [4.78, 5) is 61.2. The van der Waals surface area contributed by atoms with Crippen LogP contribution in [-0.2, 0) is 51.7 Å². The van der Waals surface area contributed by atoms with E-state index in [2.05, 4.69) is 16.6 Å². The number of nitrogens with one attached hydrogen (secondary N) is 2. The van der Waals surface area contributed by atoms with E-state index >= 15 is 0 Å². The van der Waals surface area contributed by atoms with Gasteiger partial charge in [-0.3, -0.25) is 23.7 Å². The van der Waals surface area contributed by atoms with Gasteiger partial charge in [0, 0.05) is 52.4 Å². The molecule has 0 saturated carbocycles. The molecule has 272 valence electrons. The highest BCUT2D eigenvalue weighted by atomic mass is 31.2. The van der Waals surface area contributed by atoms with Crippen molar-refractivity contribution in [2.75, 3.05) is 31.2 Å². The summed E-state index contributed by atoms with van der Waals surface area (Å²) in [6, 6.07) is 3.62. The van der Waals surface area contributed by atoms with Crippen LogP contribution in [0.3, 0.4) is 0 Å². The van der Waals surface area contributed by atoms with Crippen molar-refractivity contribution in [1.29, 1.82) is 0 Å². The molecule has 2 amide bonds. The van der Waals surface area contributed by atoms with E-state index in [1.807, 2.05) is 0 Å². The van der Waals surface area contributed by atoms with Gasteiger partial charge in [-0.05, 0) is 45.2 Å². The molecule has 1 saturated heterocycles. The third-order valence-corrected chi connectivity index (χ3v) is 8.68. The van der Waals surface area contributed by atoms with Crippen LogP contribution in [0, 0.1) is 12.3 Å². The molecule has 1 aromatic carbocycles. The molecule has 0 aromatic heterocycles. The minimum absolute atomic E-state index is 0.0878. The van der Waals surface area contributed by atoms with E-state index in [1.54, 1.807) is 13.8 Å². The molecule has 5 atom stereocenters. The average molecular weight is 713 g/mol. The van der Waals surface area contributed by atoms with Gasteiger partial charge in [0.25, 0.3) is 0 Å². The summed E-state index contributed by atoms with van der Waals surface area (Å²) in [7, 11) is -3.63. The first-order valence-electron chi connectivity index (χ1n) is 15.7. The first-order chi connectivity index (χ1) is 23.2. The number of terminal acetylenes is 1.